The molecule has 1 fully saturated rings. The van der Waals surface area contributed by atoms with E-state index in [4.69, 9.17) is 9.47 Å². The van der Waals surface area contributed by atoms with Crippen molar-refractivity contribution in [3.8, 4) is 0 Å². The molecule has 1 heterocycles. The molecule has 0 radical (unpaired) electrons. The minimum Gasteiger partial charge on any atom is -0.435 e. The van der Waals surface area contributed by atoms with Crippen LogP contribution in [0.5, 0.6) is 0 Å². The minimum absolute atomic E-state index is 0.158. The lowest BCUT2D eigenvalue weighted by atomic mass is 10.1. The number of carbonyl (C=O) groups is 1. The van der Waals surface area contributed by atoms with Crippen LogP contribution in [0.4, 0.5) is 0 Å². The van der Waals surface area contributed by atoms with Crippen molar-refractivity contribution in [2.45, 2.75) is 19.6 Å². The highest BCUT2D eigenvalue weighted by Crippen LogP contribution is 2.20. The van der Waals surface area contributed by atoms with Crippen LogP contribution >= 0.6 is 0 Å². The minimum atomic E-state index is -0.308. The summed E-state index contributed by atoms with van der Waals surface area (Å²) in [6, 6.07) is 0. The van der Waals surface area contributed by atoms with E-state index in [2.05, 4.69) is 0 Å². The number of rotatable bonds is 1. The molecule has 2 atom stereocenters. The molecular formula is C6H10O3. The van der Waals surface area contributed by atoms with E-state index >= 15 is 0 Å². The number of hydrogen-bond acceptors (Lipinski definition) is 3. The third-order valence-electron chi connectivity index (χ3n) is 1.43. The molecule has 0 spiro atoms. The first-order valence-corrected chi connectivity index (χ1v) is 2.96. The van der Waals surface area contributed by atoms with Crippen LogP contribution < -0.4 is 0 Å². The van der Waals surface area contributed by atoms with Gasteiger partial charge in [-0.05, 0) is 0 Å². The van der Waals surface area contributed by atoms with Gasteiger partial charge in [0.2, 0.25) is 6.29 Å². The maximum Gasteiger partial charge on any atom is 0.308 e. The number of cyclic esters (lactones) is 1. The Kier molecular flexibility index (Phi) is 1.71. The van der Waals surface area contributed by atoms with E-state index in [-0.39, 0.29) is 18.2 Å². The summed E-state index contributed by atoms with van der Waals surface area (Å²) in [5, 5.41) is 0. The van der Waals surface area contributed by atoms with Crippen molar-refractivity contribution < 1.29 is 14.3 Å². The number of esters is 1. The molecule has 2 unspecified atom stereocenters. The summed E-state index contributed by atoms with van der Waals surface area (Å²) >= 11 is 0. The number of hydrogen-bond donors (Lipinski definition) is 0. The highest BCUT2D eigenvalue weighted by atomic mass is 16.7. The van der Waals surface area contributed by atoms with E-state index < -0.39 is 0 Å². The average Bonchev–Trinajstić information content (AvgIpc) is 2.10. The second-order valence-corrected chi connectivity index (χ2v) is 2.28. The van der Waals surface area contributed by atoms with Crippen molar-refractivity contribution in [1.82, 2.24) is 0 Å². The standard InChI is InChI=1S/C6H10O3/c1-4-3-5(7)9-6(4)8-2/h4,6H,3H2,1-2H3. The van der Waals surface area contributed by atoms with Crippen LogP contribution in [0, 0.1) is 5.92 Å². The molecule has 0 aromatic rings. The molecule has 52 valence electrons. The van der Waals surface area contributed by atoms with Crippen LogP contribution in [0.25, 0.3) is 0 Å². The fourth-order valence-electron chi connectivity index (χ4n) is 0.933. The summed E-state index contributed by atoms with van der Waals surface area (Å²) < 4.78 is 9.61. The van der Waals surface area contributed by atoms with Crippen molar-refractivity contribution in [2.75, 3.05) is 7.11 Å². The molecule has 1 saturated heterocycles. The number of carbonyl (C=O) groups excluding carboxylic acids is 1. The molecular weight excluding hydrogens is 120 g/mol. The maximum atomic E-state index is 10.5. The van der Waals surface area contributed by atoms with Gasteiger partial charge in [-0.2, -0.15) is 0 Å². The Hall–Kier alpha value is -0.570. The molecule has 0 bridgehead atoms. The van der Waals surface area contributed by atoms with Gasteiger partial charge in [0.05, 0.1) is 6.42 Å². The second kappa shape index (κ2) is 2.35. The molecule has 0 aromatic carbocycles. The first kappa shape index (κ1) is 6.55. The van der Waals surface area contributed by atoms with Crippen LogP contribution in [0.15, 0.2) is 0 Å². The van der Waals surface area contributed by atoms with Gasteiger partial charge in [0, 0.05) is 13.0 Å². The van der Waals surface area contributed by atoms with Crippen molar-refractivity contribution in [2.24, 2.45) is 5.92 Å². The van der Waals surface area contributed by atoms with Gasteiger partial charge in [0.1, 0.15) is 0 Å². The predicted octanol–water partition coefficient (Wildman–Crippen LogP) is 0.542. The Morgan fingerprint density at radius 3 is 2.67 bits per heavy atom. The van der Waals surface area contributed by atoms with Crippen LogP contribution in [-0.4, -0.2) is 19.4 Å². The summed E-state index contributed by atoms with van der Waals surface area (Å²) in [5.74, 6) is 0.0526. The summed E-state index contributed by atoms with van der Waals surface area (Å²) in [4.78, 5) is 10.5. The van der Waals surface area contributed by atoms with E-state index in [9.17, 15) is 4.79 Å². The molecule has 3 nitrogen and oxygen atoms in total. The fourth-order valence-corrected chi connectivity index (χ4v) is 0.933. The topological polar surface area (TPSA) is 35.5 Å². The third-order valence-corrected chi connectivity index (χ3v) is 1.43. The molecule has 0 amide bonds. The van der Waals surface area contributed by atoms with E-state index in [1.54, 1.807) is 7.11 Å². The molecule has 3 heteroatoms. The van der Waals surface area contributed by atoms with E-state index in [0.29, 0.717) is 6.42 Å². The molecule has 0 N–H and O–H groups in total. The van der Waals surface area contributed by atoms with Gasteiger partial charge < -0.3 is 9.47 Å². The molecule has 1 aliphatic rings. The van der Waals surface area contributed by atoms with Crippen molar-refractivity contribution in [3.05, 3.63) is 0 Å². The van der Waals surface area contributed by atoms with Gasteiger partial charge >= 0.3 is 5.97 Å². The van der Waals surface area contributed by atoms with Crippen LogP contribution in [0.2, 0.25) is 0 Å². The Bertz CT molecular complexity index is 121. The van der Waals surface area contributed by atoms with Gasteiger partial charge in [-0.1, -0.05) is 6.92 Å². The quantitative estimate of drug-likeness (QED) is 0.486. The lowest BCUT2D eigenvalue weighted by Crippen LogP contribution is -2.15. The summed E-state index contributed by atoms with van der Waals surface area (Å²) in [5.41, 5.74) is 0. The van der Waals surface area contributed by atoms with Crippen LogP contribution in [-0.2, 0) is 14.3 Å². The highest BCUT2D eigenvalue weighted by Gasteiger charge is 2.30. The number of methoxy groups -OCH3 is 1. The SMILES string of the molecule is COC1OC(=O)CC1C. The second-order valence-electron chi connectivity index (χ2n) is 2.28. The van der Waals surface area contributed by atoms with Crippen LogP contribution in [0.1, 0.15) is 13.3 Å². The third kappa shape index (κ3) is 1.21. The summed E-state index contributed by atoms with van der Waals surface area (Å²) in [6.45, 7) is 1.93. The fraction of sp³-hybridized carbons (Fsp3) is 0.833. The number of ether oxygens (including phenoxy) is 2. The van der Waals surface area contributed by atoms with E-state index in [0.717, 1.165) is 0 Å². The average molecular weight is 130 g/mol. The van der Waals surface area contributed by atoms with Gasteiger partial charge in [0.25, 0.3) is 0 Å². The summed E-state index contributed by atoms with van der Waals surface area (Å²) in [7, 11) is 1.54. The molecule has 0 aliphatic carbocycles. The summed E-state index contributed by atoms with van der Waals surface area (Å²) in [6.07, 6.45) is 0.177. The molecule has 0 saturated carbocycles. The van der Waals surface area contributed by atoms with Gasteiger partial charge in [0.15, 0.2) is 0 Å². The monoisotopic (exact) mass is 130 g/mol. The Morgan fingerprint density at radius 2 is 2.44 bits per heavy atom. The normalized spacial score (nSPS) is 34.7. The van der Waals surface area contributed by atoms with E-state index in [1.165, 1.54) is 0 Å². The van der Waals surface area contributed by atoms with Gasteiger partial charge in [-0.25, -0.2) is 0 Å². The predicted molar refractivity (Wildman–Crippen MR) is 30.7 cm³/mol. The first-order valence-electron chi connectivity index (χ1n) is 2.96. The highest BCUT2D eigenvalue weighted by molar-refractivity contribution is 5.71. The zero-order valence-electron chi connectivity index (χ0n) is 5.59. The van der Waals surface area contributed by atoms with Gasteiger partial charge in [-0.15, -0.1) is 0 Å². The molecule has 1 aliphatic heterocycles. The zero-order valence-corrected chi connectivity index (χ0v) is 5.59. The van der Waals surface area contributed by atoms with Crippen molar-refractivity contribution in [3.63, 3.8) is 0 Å². The first-order chi connectivity index (χ1) is 4.24. The lowest BCUT2D eigenvalue weighted by Gasteiger charge is -2.09. The van der Waals surface area contributed by atoms with Crippen molar-refractivity contribution in [1.29, 1.82) is 0 Å². The molecule has 0 aromatic heterocycles. The zero-order chi connectivity index (χ0) is 6.85. The Balaban J connectivity index is 2.47. The van der Waals surface area contributed by atoms with Gasteiger partial charge in [-0.3, -0.25) is 4.79 Å². The maximum absolute atomic E-state index is 10.5. The van der Waals surface area contributed by atoms with Crippen LogP contribution in [0.3, 0.4) is 0 Å². The lowest BCUT2D eigenvalue weighted by molar-refractivity contribution is -0.160. The van der Waals surface area contributed by atoms with Crippen molar-refractivity contribution >= 4 is 5.97 Å². The smallest absolute Gasteiger partial charge is 0.308 e. The molecule has 9 heavy (non-hydrogen) atoms. The Labute approximate surface area is 53.9 Å². The Morgan fingerprint density at radius 1 is 1.78 bits per heavy atom. The largest absolute Gasteiger partial charge is 0.435 e. The van der Waals surface area contributed by atoms with E-state index in [1.807, 2.05) is 6.92 Å². The molecule has 1 rings (SSSR count).